The second-order valence-electron chi connectivity index (χ2n) is 5.93. The summed E-state index contributed by atoms with van der Waals surface area (Å²) in [6, 6.07) is 9.08. The second-order valence-corrected chi connectivity index (χ2v) is 5.93. The molecule has 0 aromatic heterocycles. The average Bonchev–Trinajstić information content (AvgIpc) is 3.09. The highest BCUT2D eigenvalue weighted by Gasteiger charge is 2.28. The van der Waals surface area contributed by atoms with Crippen LogP contribution in [0.4, 0.5) is 5.69 Å². The number of likely N-dealkylation sites (tertiary alicyclic amines) is 2. The summed E-state index contributed by atoms with van der Waals surface area (Å²) in [6.45, 7) is 6.31. The van der Waals surface area contributed by atoms with Crippen LogP contribution in [0.2, 0.25) is 0 Å². The van der Waals surface area contributed by atoms with Gasteiger partial charge in [-0.3, -0.25) is 4.90 Å². The zero-order chi connectivity index (χ0) is 13.1. The molecule has 1 unspecified atom stereocenters. The molecule has 3 rings (SSSR count). The first-order valence-electron chi connectivity index (χ1n) is 7.63. The minimum Gasteiger partial charge on any atom is -0.399 e. The van der Waals surface area contributed by atoms with E-state index in [2.05, 4.69) is 21.9 Å². The molecule has 2 heterocycles. The Labute approximate surface area is 116 Å². The molecule has 3 nitrogen and oxygen atoms in total. The summed E-state index contributed by atoms with van der Waals surface area (Å²) < 4.78 is 0. The van der Waals surface area contributed by atoms with Gasteiger partial charge in [0.25, 0.3) is 0 Å². The van der Waals surface area contributed by atoms with Crippen LogP contribution >= 0.6 is 0 Å². The van der Waals surface area contributed by atoms with Crippen molar-refractivity contribution in [1.82, 2.24) is 9.80 Å². The van der Waals surface area contributed by atoms with Gasteiger partial charge in [0, 0.05) is 24.8 Å². The highest BCUT2D eigenvalue weighted by molar-refractivity contribution is 5.46. The van der Waals surface area contributed by atoms with Crippen molar-refractivity contribution in [1.29, 1.82) is 0 Å². The van der Waals surface area contributed by atoms with Crippen LogP contribution in [0.25, 0.3) is 0 Å². The van der Waals surface area contributed by atoms with Gasteiger partial charge in [-0.1, -0.05) is 18.2 Å². The van der Waals surface area contributed by atoms with Crippen molar-refractivity contribution in [3.05, 3.63) is 29.8 Å². The summed E-state index contributed by atoms with van der Waals surface area (Å²) >= 11 is 0. The van der Waals surface area contributed by atoms with E-state index < -0.39 is 0 Å². The number of para-hydroxylation sites is 1. The Morgan fingerprint density at radius 3 is 2.68 bits per heavy atom. The molecule has 1 aromatic rings. The van der Waals surface area contributed by atoms with E-state index in [1.165, 1.54) is 51.0 Å². The van der Waals surface area contributed by atoms with Crippen molar-refractivity contribution in [3.8, 4) is 0 Å². The molecule has 2 fully saturated rings. The van der Waals surface area contributed by atoms with Crippen LogP contribution in [-0.2, 0) is 6.42 Å². The van der Waals surface area contributed by atoms with Gasteiger partial charge < -0.3 is 10.6 Å². The molecule has 2 saturated heterocycles. The number of benzene rings is 1. The maximum atomic E-state index is 6.01. The number of nitrogens with two attached hydrogens (primary N) is 1. The highest BCUT2D eigenvalue weighted by atomic mass is 15.3. The fourth-order valence-corrected chi connectivity index (χ4v) is 3.46. The molecular weight excluding hydrogens is 234 g/mol. The lowest BCUT2D eigenvalue weighted by Gasteiger charge is -2.23. The van der Waals surface area contributed by atoms with Gasteiger partial charge in [0.05, 0.1) is 0 Å². The van der Waals surface area contributed by atoms with E-state index in [1.54, 1.807) is 0 Å². The van der Waals surface area contributed by atoms with Crippen LogP contribution in [0, 0.1) is 0 Å². The van der Waals surface area contributed by atoms with Gasteiger partial charge in [-0.05, 0) is 56.9 Å². The minimum atomic E-state index is 0.815. The molecule has 2 aliphatic rings. The van der Waals surface area contributed by atoms with Crippen LogP contribution in [-0.4, -0.2) is 48.6 Å². The van der Waals surface area contributed by atoms with Gasteiger partial charge in [0.2, 0.25) is 0 Å². The Bertz CT molecular complexity index is 412. The molecule has 0 aliphatic carbocycles. The molecule has 0 saturated carbocycles. The van der Waals surface area contributed by atoms with Crippen molar-refractivity contribution in [3.63, 3.8) is 0 Å². The van der Waals surface area contributed by atoms with Crippen molar-refractivity contribution in [2.45, 2.75) is 31.7 Å². The lowest BCUT2D eigenvalue weighted by atomic mass is 10.1. The standard InChI is InChI=1S/C16H25N3/c17-16-6-2-1-5-14(16)7-11-18-12-8-15(13-18)19-9-3-4-10-19/h1-2,5-6,15H,3-4,7-13,17H2. The smallest absolute Gasteiger partial charge is 0.0347 e. The number of nitrogens with zero attached hydrogens (tertiary/aromatic N) is 2. The lowest BCUT2D eigenvalue weighted by molar-refractivity contribution is 0.233. The summed E-state index contributed by atoms with van der Waals surface area (Å²) in [6.07, 6.45) is 5.23. The van der Waals surface area contributed by atoms with Crippen molar-refractivity contribution < 1.29 is 0 Å². The Balaban J connectivity index is 1.48. The van der Waals surface area contributed by atoms with E-state index in [0.717, 1.165) is 24.7 Å². The van der Waals surface area contributed by atoms with Gasteiger partial charge in [-0.25, -0.2) is 0 Å². The van der Waals surface area contributed by atoms with Gasteiger partial charge >= 0.3 is 0 Å². The summed E-state index contributed by atoms with van der Waals surface area (Å²) in [5, 5.41) is 0. The monoisotopic (exact) mass is 259 g/mol. The molecule has 0 bridgehead atoms. The number of nitrogen functional groups attached to an aromatic ring is 1. The maximum absolute atomic E-state index is 6.01. The van der Waals surface area contributed by atoms with E-state index >= 15 is 0 Å². The van der Waals surface area contributed by atoms with Crippen LogP contribution in [0.1, 0.15) is 24.8 Å². The quantitative estimate of drug-likeness (QED) is 0.839. The van der Waals surface area contributed by atoms with E-state index in [4.69, 9.17) is 5.73 Å². The topological polar surface area (TPSA) is 32.5 Å². The summed E-state index contributed by atoms with van der Waals surface area (Å²) in [5.41, 5.74) is 8.25. The molecule has 2 aliphatic heterocycles. The van der Waals surface area contributed by atoms with Crippen LogP contribution in [0.3, 0.4) is 0 Å². The maximum Gasteiger partial charge on any atom is 0.0347 e. The third kappa shape index (κ3) is 3.10. The van der Waals surface area contributed by atoms with E-state index in [9.17, 15) is 0 Å². The predicted octanol–water partition coefficient (Wildman–Crippen LogP) is 1.98. The third-order valence-electron chi connectivity index (χ3n) is 4.66. The van der Waals surface area contributed by atoms with Crippen LogP contribution < -0.4 is 5.73 Å². The molecule has 2 N–H and O–H groups in total. The second kappa shape index (κ2) is 5.93. The third-order valence-corrected chi connectivity index (χ3v) is 4.66. The first-order chi connectivity index (χ1) is 9.33. The summed E-state index contributed by atoms with van der Waals surface area (Å²) in [5.74, 6) is 0. The van der Waals surface area contributed by atoms with Crippen LogP contribution in [0.5, 0.6) is 0 Å². The Morgan fingerprint density at radius 2 is 1.89 bits per heavy atom. The molecule has 104 valence electrons. The summed E-state index contributed by atoms with van der Waals surface area (Å²) in [4.78, 5) is 5.30. The molecule has 3 heteroatoms. The average molecular weight is 259 g/mol. The molecule has 0 spiro atoms. The number of hydrogen-bond donors (Lipinski definition) is 1. The van der Waals surface area contributed by atoms with Gasteiger partial charge in [0.1, 0.15) is 0 Å². The Morgan fingerprint density at radius 1 is 1.11 bits per heavy atom. The zero-order valence-corrected chi connectivity index (χ0v) is 11.7. The number of anilines is 1. The normalized spacial score (nSPS) is 25.2. The highest BCUT2D eigenvalue weighted by Crippen LogP contribution is 2.21. The van der Waals surface area contributed by atoms with Crippen molar-refractivity contribution >= 4 is 5.69 Å². The molecule has 0 radical (unpaired) electrons. The molecular formula is C16H25N3. The van der Waals surface area contributed by atoms with E-state index in [-0.39, 0.29) is 0 Å². The Kier molecular flexibility index (Phi) is 4.04. The fourth-order valence-electron chi connectivity index (χ4n) is 3.46. The van der Waals surface area contributed by atoms with Crippen molar-refractivity contribution in [2.24, 2.45) is 0 Å². The van der Waals surface area contributed by atoms with E-state index in [0.29, 0.717) is 0 Å². The van der Waals surface area contributed by atoms with Gasteiger partial charge in [-0.15, -0.1) is 0 Å². The molecule has 19 heavy (non-hydrogen) atoms. The first kappa shape index (κ1) is 12.9. The number of hydrogen-bond acceptors (Lipinski definition) is 3. The molecule has 1 aromatic carbocycles. The largest absolute Gasteiger partial charge is 0.399 e. The van der Waals surface area contributed by atoms with Gasteiger partial charge in [0.15, 0.2) is 0 Å². The fraction of sp³-hybridized carbons (Fsp3) is 0.625. The predicted molar refractivity (Wildman–Crippen MR) is 80.2 cm³/mol. The van der Waals surface area contributed by atoms with Crippen molar-refractivity contribution in [2.75, 3.05) is 38.5 Å². The molecule has 0 amide bonds. The number of rotatable bonds is 4. The lowest BCUT2D eigenvalue weighted by Crippen LogP contribution is -2.35. The zero-order valence-electron chi connectivity index (χ0n) is 11.7. The van der Waals surface area contributed by atoms with E-state index in [1.807, 2.05) is 12.1 Å². The Hall–Kier alpha value is -1.06. The molecule has 1 atom stereocenters. The first-order valence-corrected chi connectivity index (χ1v) is 7.63. The summed E-state index contributed by atoms with van der Waals surface area (Å²) in [7, 11) is 0. The van der Waals surface area contributed by atoms with Gasteiger partial charge in [-0.2, -0.15) is 0 Å². The van der Waals surface area contributed by atoms with Crippen LogP contribution in [0.15, 0.2) is 24.3 Å². The minimum absolute atomic E-state index is 0.815. The SMILES string of the molecule is Nc1ccccc1CCN1CCC(N2CCCC2)C1.